The van der Waals surface area contributed by atoms with Crippen LogP contribution in [0.15, 0.2) is 0 Å². The molecule has 134 valence electrons. The summed E-state index contributed by atoms with van der Waals surface area (Å²) >= 11 is 0. The number of rotatable bonds is 6. The van der Waals surface area contributed by atoms with Crippen molar-refractivity contribution in [1.82, 2.24) is 0 Å². The van der Waals surface area contributed by atoms with Crippen molar-refractivity contribution in [1.29, 1.82) is 0 Å². The van der Waals surface area contributed by atoms with E-state index in [0.29, 0.717) is 0 Å². The van der Waals surface area contributed by atoms with Gasteiger partial charge in [-0.2, -0.15) is 48.3 Å². The molecule has 0 unspecified atom stereocenters. The predicted molar refractivity (Wildman–Crippen MR) is 41.5 cm³/mol. The number of hydrogen-bond acceptors (Lipinski definition) is 4. The molecule has 0 aromatic heterocycles. The summed E-state index contributed by atoms with van der Waals surface area (Å²) in [6, 6.07) is 0. The van der Waals surface area contributed by atoms with E-state index in [1.165, 1.54) is 0 Å². The monoisotopic (exact) mass is 402 g/mol. The molecule has 0 N–H and O–H groups in total. The van der Waals surface area contributed by atoms with E-state index in [2.05, 4.69) is 4.74 Å². The maximum atomic E-state index is 12.5. The fraction of sp³-hybridized carbons (Fsp3) is 1.00. The Bertz CT molecular complexity index is 513. The van der Waals surface area contributed by atoms with Gasteiger partial charge in [0.1, 0.15) is 6.61 Å². The van der Waals surface area contributed by atoms with Gasteiger partial charge in [-0.05, 0) is 0 Å². The Kier molecular flexibility index (Phi) is 7.47. The van der Waals surface area contributed by atoms with E-state index >= 15 is 0 Å². The summed E-state index contributed by atoms with van der Waals surface area (Å²) < 4.78 is 166. The van der Waals surface area contributed by atoms with Crippen LogP contribution in [-0.2, 0) is 14.9 Å². The van der Waals surface area contributed by atoms with E-state index in [0.717, 1.165) is 0 Å². The molecule has 0 aliphatic heterocycles. The van der Waals surface area contributed by atoms with Gasteiger partial charge < -0.3 is 9.29 Å². The van der Waals surface area contributed by atoms with E-state index in [-0.39, 0.29) is 29.6 Å². The van der Waals surface area contributed by atoms with Gasteiger partial charge in [-0.1, -0.05) is 0 Å². The number of hydrogen-bond donors (Lipinski definition) is 0. The van der Waals surface area contributed by atoms with E-state index < -0.39 is 46.1 Å². The van der Waals surface area contributed by atoms with Crippen LogP contribution in [0.5, 0.6) is 0 Å². The van der Waals surface area contributed by atoms with Gasteiger partial charge in [0.25, 0.3) is 0 Å². The third kappa shape index (κ3) is 4.81. The van der Waals surface area contributed by atoms with Gasteiger partial charge in [-0.3, -0.25) is 0 Å². The first-order valence-corrected chi connectivity index (χ1v) is 5.79. The first-order valence-electron chi connectivity index (χ1n) is 4.38. The zero-order valence-corrected chi connectivity index (χ0v) is 13.2. The molecule has 0 atom stereocenters. The number of alkyl halides is 11. The number of ether oxygens (including phenoxy) is 1. The van der Waals surface area contributed by atoms with Crippen molar-refractivity contribution >= 4 is 10.1 Å². The van der Waals surface area contributed by atoms with Crippen LogP contribution >= 0.6 is 0 Å². The maximum absolute atomic E-state index is 12.5. The average Bonchev–Trinajstić information content (AvgIpc) is 2.23. The summed E-state index contributed by atoms with van der Waals surface area (Å²) in [7, 11) is -7.20. The molecule has 0 rings (SSSR count). The minimum atomic E-state index is -7.20. The molecule has 0 aromatic rings. The fourth-order valence-electron chi connectivity index (χ4n) is 0.709. The van der Waals surface area contributed by atoms with Gasteiger partial charge in [0.05, 0.1) is 0 Å². The van der Waals surface area contributed by atoms with Crippen LogP contribution in [0.1, 0.15) is 0 Å². The van der Waals surface area contributed by atoms with E-state index in [1.807, 2.05) is 0 Å². The minimum Gasteiger partial charge on any atom is -0.743 e. The predicted octanol–water partition coefficient (Wildman–Crippen LogP) is -0.429. The summed E-state index contributed by atoms with van der Waals surface area (Å²) in [5.41, 5.74) is 0. The Morgan fingerprint density at radius 1 is 0.826 bits per heavy atom. The van der Waals surface area contributed by atoms with Crippen molar-refractivity contribution in [3.8, 4) is 0 Å². The van der Waals surface area contributed by atoms with Crippen molar-refractivity contribution < 1.29 is 95.6 Å². The first-order chi connectivity index (χ1) is 9.21. The van der Waals surface area contributed by atoms with Gasteiger partial charge in [0, 0.05) is 0 Å². The van der Waals surface area contributed by atoms with Crippen LogP contribution in [0.3, 0.4) is 0 Å². The molecule has 0 aromatic carbocycles. The summed E-state index contributed by atoms with van der Waals surface area (Å²) in [6.07, 6.45) is -13.5. The van der Waals surface area contributed by atoms with Gasteiger partial charge >= 0.3 is 58.9 Å². The van der Waals surface area contributed by atoms with Gasteiger partial charge in [-0.25, -0.2) is 8.42 Å². The Balaban J connectivity index is 0. The third-order valence-corrected chi connectivity index (χ3v) is 2.77. The standard InChI is InChI=1S/C6H3F11O4S.Na/c7-2(8,3(9,10)4(11,12)13)1-21-5(14,15)6(16,17)22(18,19)20;/h1H2,(H,18,19,20);/q;+1/p-1. The van der Waals surface area contributed by atoms with Gasteiger partial charge in [0.15, 0.2) is 10.1 Å². The largest absolute Gasteiger partial charge is 1.00 e. The molecular formula is C6H2F11NaO4S. The second-order valence-electron chi connectivity index (χ2n) is 3.55. The Morgan fingerprint density at radius 3 is 1.43 bits per heavy atom. The van der Waals surface area contributed by atoms with Crippen LogP contribution in [0, 0.1) is 0 Å². The Labute approximate surface area is 142 Å². The zero-order chi connectivity index (χ0) is 18.4. The van der Waals surface area contributed by atoms with Crippen molar-refractivity contribution in [2.24, 2.45) is 0 Å². The Hall–Kier alpha value is 0.1000. The summed E-state index contributed by atoms with van der Waals surface area (Å²) in [4.78, 5) is 0. The molecule has 0 radical (unpaired) electrons. The molecule has 0 bridgehead atoms. The molecule has 0 saturated carbocycles. The smallest absolute Gasteiger partial charge is 0.743 e. The maximum Gasteiger partial charge on any atom is 1.00 e. The average molecular weight is 402 g/mol. The molecule has 0 heterocycles. The second-order valence-corrected chi connectivity index (χ2v) is 4.97. The van der Waals surface area contributed by atoms with Crippen LogP contribution in [-0.4, -0.2) is 49.0 Å². The molecule has 0 aliphatic rings. The van der Waals surface area contributed by atoms with Crippen molar-refractivity contribution in [3.05, 3.63) is 0 Å². The minimum absolute atomic E-state index is 0. The zero-order valence-electron chi connectivity index (χ0n) is 10.4. The quantitative estimate of drug-likeness (QED) is 0.344. The normalized spacial score (nSPS) is 15.3. The molecule has 0 saturated heterocycles. The molecular weight excluding hydrogens is 400 g/mol. The topological polar surface area (TPSA) is 66.4 Å². The van der Waals surface area contributed by atoms with E-state index in [4.69, 9.17) is 0 Å². The summed E-state index contributed by atoms with van der Waals surface area (Å²) in [6.45, 7) is -3.66. The van der Waals surface area contributed by atoms with Crippen molar-refractivity contribution in [2.75, 3.05) is 6.61 Å². The molecule has 4 nitrogen and oxygen atoms in total. The fourth-order valence-corrected chi connectivity index (χ4v) is 1.06. The van der Waals surface area contributed by atoms with Crippen molar-refractivity contribution in [2.45, 2.75) is 29.4 Å². The second kappa shape index (κ2) is 6.78. The van der Waals surface area contributed by atoms with Gasteiger partial charge in [-0.15, -0.1) is 0 Å². The van der Waals surface area contributed by atoms with Crippen LogP contribution in [0.25, 0.3) is 0 Å². The summed E-state index contributed by atoms with van der Waals surface area (Å²) in [5.74, 6) is -13.4. The molecule has 0 amide bonds. The first kappa shape index (κ1) is 25.3. The molecule has 23 heavy (non-hydrogen) atoms. The third-order valence-electron chi connectivity index (χ3n) is 1.90. The van der Waals surface area contributed by atoms with Crippen LogP contribution in [0.2, 0.25) is 0 Å². The van der Waals surface area contributed by atoms with Gasteiger partial charge in [0.2, 0.25) is 0 Å². The van der Waals surface area contributed by atoms with E-state index in [1.54, 1.807) is 0 Å². The Morgan fingerprint density at radius 2 is 1.17 bits per heavy atom. The SMILES string of the molecule is O=S(=O)([O-])C(F)(F)C(F)(F)OCC(F)(F)C(F)(F)C(F)(F)F.[Na+]. The molecule has 0 fully saturated rings. The van der Waals surface area contributed by atoms with Crippen LogP contribution in [0.4, 0.5) is 48.3 Å². The summed E-state index contributed by atoms with van der Waals surface area (Å²) in [5, 5.41) is -6.69. The van der Waals surface area contributed by atoms with E-state index in [9.17, 15) is 61.3 Å². The molecule has 0 spiro atoms. The number of halogens is 11. The van der Waals surface area contributed by atoms with Crippen molar-refractivity contribution in [3.63, 3.8) is 0 Å². The molecule has 0 aliphatic carbocycles. The molecule has 17 heteroatoms. The van der Waals surface area contributed by atoms with Crippen LogP contribution < -0.4 is 29.6 Å².